The smallest absolute Gasteiger partial charge is 0.0935 e. The van der Waals surface area contributed by atoms with E-state index >= 15 is 0 Å². The zero-order valence-electron chi connectivity index (χ0n) is 17.4. The lowest BCUT2D eigenvalue weighted by atomic mass is 9.99. The van der Waals surface area contributed by atoms with Crippen molar-refractivity contribution in [3.63, 3.8) is 0 Å². The highest BCUT2D eigenvalue weighted by Gasteiger charge is 2.22. The maximum atomic E-state index is 11.3. The molecule has 1 heterocycles. The number of benzene rings is 2. The van der Waals surface area contributed by atoms with Gasteiger partial charge in [0.1, 0.15) is 0 Å². The first-order chi connectivity index (χ1) is 14.2. The number of pyridine rings is 1. The summed E-state index contributed by atoms with van der Waals surface area (Å²) in [4.78, 5) is 7.30. The summed E-state index contributed by atoms with van der Waals surface area (Å²) in [5.41, 5.74) is 3.78. The number of hydrogen-bond acceptors (Lipinski definition) is 3. The molecule has 0 fully saturated rings. The van der Waals surface area contributed by atoms with Crippen LogP contribution in [0.5, 0.6) is 0 Å². The summed E-state index contributed by atoms with van der Waals surface area (Å²) < 4.78 is 0.890. The molecule has 0 aliphatic carbocycles. The molecule has 4 heteroatoms. The second-order valence-corrected chi connectivity index (χ2v) is 8.39. The van der Waals surface area contributed by atoms with Crippen molar-refractivity contribution in [3.05, 3.63) is 64.6 Å². The van der Waals surface area contributed by atoms with E-state index in [1.807, 2.05) is 36.4 Å². The van der Waals surface area contributed by atoms with Crippen molar-refractivity contribution in [2.24, 2.45) is 0 Å². The lowest BCUT2D eigenvalue weighted by Gasteiger charge is -2.26. The van der Waals surface area contributed by atoms with E-state index in [0.717, 1.165) is 58.1 Å². The van der Waals surface area contributed by atoms with E-state index in [1.54, 1.807) is 0 Å². The summed E-state index contributed by atoms with van der Waals surface area (Å²) in [6.07, 6.45) is 4.07. The standard InChI is InChI=1S/C25H31BrN2O/c1-3-5-16-28(17-6-4-2)18-22(29)23-20-14-10-11-15-21(20)27-25(24(23)26)19-12-8-7-9-13-19/h7-15,22,29H,3-6,16-18H2,1-2H3. The lowest BCUT2D eigenvalue weighted by Crippen LogP contribution is -2.31. The number of hydrogen-bond donors (Lipinski definition) is 1. The summed E-state index contributed by atoms with van der Waals surface area (Å²) >= 11 is 3.79. The van der Waals surface area contributed by atoms with Gasteiger partial charge in [-0.05, 0) is 47.9 Å². The van der Waals surface area contributed by atoms with Crippen LogP contribution in [0, 0.1) is 0 Å². The minimum atomic E-state index is -0.576. The van der Waals surface area contributed by atoms with Crippen LogP contribution in [0.1, 0.15) is 51.2 Å². The number of aliphatic hydroxyl groups excluding tert-OH is 1. The van der Waals surface area contributed by atoms with E-state index in [2.05, 4.69) is 52.9 Å². The monoisotopic (exact) mass is 454 g/mol. The molecule has 1 N–H and O–H groups in total. The van der Waals surface area contributed by atoms with Crippen molar-refractivity contribution in [2.45, 2.75) is 45.6 Å². The molecule has 0 saturated heterocycles. The van der Waals surface area contributed by atoms with E-state index in [9.17, 15) is 5.11 Å². The number of aromatic nitrogens is 1. The number of rotatable bonds is 10. The Labute approximate surface area is 182 Å². The second-order valence-electron chi connectivity index (χ2n) is 7.59. The average molecular weight is 455 g/mol. The molecule has 2 aromatic carbocycles. The molecule has 0 amide bonds. The molecule has 0 aliphatic rings. The maximum absolute atomic E-state index is 11.3. The summed E-state index contributed by atoms with van der Waals surface area (Å²) in [5, 5.41) is 12.4. The molecule has 29 heavy (non-hydrogen) atoms. The van der Waals surface area contributed by atoms with Gasteiger partial charge in [0, 0.05) is 23.1 Å². The van der Waals surface area contributed by atoms with Gasteiger partial charge in [-0.25, -0.2) is 4.98 Å². The van der Waals surface area contributed by atoms with Crippen LogP contribution in [-0.2, 0) is 0 Å². The summed E-state index contributed by atoms with van der Waals surface area (Å²) in [6.45, 7) is 7.13. The van der Waals surface area contributed by atoms with Gasteiger partial charge in [0.15, 0.2) is 0 Å². The number of halogens is 1. The van der Waals surface area contributed by atoms with E-state index in [0.29, 0.717) is 6.54 Å². The molecular weight excluding hydrogens is 424 g/mol. The van der Waals surface area contributed by atoms with Crippen LogP contribution >= 0.6 is 15.9 Å². The molecule has 3 rings (SSSR count). The quantitative estimate of drug-likeness (QED) is 0.374. The SMILES string of the molecule is CCCCN(CCCC)CC(O)c1c(Br)c(-c2ccccc2)nc2ccccc12. The van der Waals surface area contributed by atoms with Crippen LogP contribution in [0.2, 0.25) is 0 Å². The largest absolute Gasteiger partial charge is 0.387 e. The van der Waals surface area contributed by atoms with E-state index in [1.165, 1.54) is 12.8 Å². The molecule has 0 aliphatic heterocycles. The van der Waals surface area contributed by atoms with Gasteiger partial charge in [-0.3, -0.25) is 0 Å². The molecule has 1 atom stereocenters. The van der Waals surface area contributed by atoms with E-state index < -0.39 is 6.10 Å². The fraction of sp³-hybridized carbons (Fsp3) is 0.400. The van der Waals surface area contributed by atoms with Gasteiger partial charge in [-0.2, -0.15) is 0 Å². The fourth-order valence-corrected chi connectivity index (χ4v) is 4.52. The van der Waals surface area contributed by atoms with Crippen molar-refractivity contribution in [1.82, 2.24) is 9.88 Å². The Hall–Kier alpha value is -1.75. The van der Waals surface area contributed by atoms with Crippen LogP contribution in [-0.4, -0.2) is 34.6 Å². The first-order valence-corrected chi connectivity index (χ1v) is 11.5. The zero-order valence-corrected chi connectivity index (χ0v) is 19.0. The highest BCUT2D eigenvalue weighted by molar-refractivity contribution is 9.10. The third kappa shape index (κ3) is 5.44. The Morgan fingerprint density at radius 3 is 2.21 bits per heavy atom. The molecule has 154 valence electrons. The Morgan fingerprint density at radius 2 is 1.55 bits per heavy atom. The molecule has 3 aromatic rings. The molecule has 0 bridgehead atoms. The van der Waals surface area contributed by atoms with Gasteiger partial charge in [0.25, 0.3) is 0 Å². The maximum Gasteiger partial charge on any atom is 0.0935 e. The van der Waals surface area contributed by atoms with Crippen molar-refractivity contribution in [2.75, 3.05) is 19.6 Å². The normalized spacial score (nSPS) is 12.6. The van der Waals surface area contributed by atoms with Crippen LogP contribution in [0.25, 0.3) is 22.2 Å². The Bertz CT molecular complexity index is 905. The highest BCUT2D eigenvalue weighted by atomic mass is 79.9. The summed E-state index contributed by atoms with van der Waals surface area (Å²) in [7, 11) is 0. The Balaban J connectivity index is 2.01. The third-order valence-corrected chi connectivity index (χ3v) is 6.14. The molecule has 0 spiro atoms. The first kappa shape index (κ1) is 21.9. The van der Waals surface area contributed by atoms with Crippen LogP contribution in [0.4, 0.5) is 0 Å². The van der Waals surface area contributed by atoms with Gasteiger partial charge in [0.2, 0.25) is 0 Å². The highest BCUT2D eigenvalue weighted by Crippen LogP contribution is 2.37. The molecule has 1 aromatic heterocycles. The fourth-order valence-electron chi connectivity index (χ4n) is 3.72. The molecule has 0 radical (unpaired) electrons. The predicted octanol–water partition coefficient (Wildman–Crippen LogP) is 6.60. The minimum absolute atomic E-state index is 0.576. The van der Waals surface area contributed by atoms with Crippen molar-refractivity contribution in [3.8, 4) is 11.3 Å². The predicted molar refractivity (Wildman–Crippen MR) is 126 cm³/mol. The van der Waals surface area contributed by atoms with Gasteiger partial charge >= 0.3 is 0 Å². The second kappa shape index (κ2) is 10.9. The Kier molecular flexibility index (Phi) is 8.22. The van der Waals surface area contributed by atoms with Crippen LogP contribution < -0.4 is 0 Å². The number of fused-ring (bicyclic) bond motifs is 1. The minimum Gasteiger partial charge on any atom is -0.387 e. The van der Waals surface area contributed by atoms with E-state index in [4.69, 9.17) is 4.98 Å². The van der Waals surface area contributed by atoms with Gasteiger partial charge in [0.05, 0.1) is 21.8 Å². The summed E-state index contributed by atoms with van der Waals surface area (Å²) in [5.74, 6) is 0. The zero-order chi connectivity index (χ0) is 20.6. The number of unbranched alkanes of at least 4 members (excludes halogenated alkanes) is 2. The Morgan fingerprint density at radius 1 is 0.931 bits per heavy atom. The molecule has 3 nitrogen and oxygen atoms in total. The first-order valence-electron chi connectivity index (χ1n) is 10.7. The van der Waals surface area contributed by atoms with Crippen LogP contribution in [0.3, 0.4) is 0 Å². The molecule has 1 unspecified atom stereocenters. The number of aliphatic hydroxyl groups is 1. The van der Waals surface area contributed by atoms with Crippen LogP contribution in [0.15, 0.2) is 59.1 Å². The van der Waals surface area contributed by atoms with Gasteiger partial charge < -0.3 is 10.0 Å². The van der Waals surface area contributed by atoms with Gasteiger partial charge in [-0.1, -0.05) is 75.2 Å². The lowest BCUT2D eigenvalue weighted by molar-refractivity contribution is 0.111. The average Bonchev–Trinajstić information content (AvgIpc) is 2.75. The molecule has 0 saturated carbocycles. The topological polar surface area (TPSA) is 36.4 Å². The van der Waals surface area contributed by atoms with Crippen molar-refractivity contribution >= 4 is 26.8 Å². The number of para-hydroxylation sites is 1. The van der Waals surface area contributed by atoms with Crippen molar-refractivity contribution < 1.29 is 5.11 Å². The van der Waals surface area contributed by atoms with Crippen molar-refractivity contribution in [1.29, 1.82) is 0 Å². The number of nitrogens with zero attached hydrogens (tertiary/aromatic N) is 2. The van der Waals surface area contributed by atoms with E-state index in [-0.39, 0.29) is 0 Å². The summed E-state index contributed by atoms with van der Waals surface area (Å²) in [6, 6.07) is 18.3. The third-order valence-electron chi connectivity index (χ3n) is 5.34. The molecular formula is C25H31BrN2O. The van der Waals surface area contributed by atoms with Gasteiger partial charge in [-0.15, -0.1) is 0 Å².